The van der Waals surface area contributed by atoms with E-state index in [0.29, 0.717) is 18.8 Å². The molecule has 1 aromatic carbocycles. The van der Waals surface area contributed by atoms with Crippen LogP contribution in [0.3, 0.4) is 0 Å². The summed E-state index contributed by atoms with van der Waals surface area (Å²) >= 11 is 0. The lowest BCUT2D eigenvalue weighted by Gasteiger charge is -2.21. The second kappa shape index (κ2) is 5.82. The van der Waals surface area contributed by atoms with Crippen LogP contribution < -0.4 is 4.90 Å². The summed E-state index contributed by atoms with van der Waals surface area (Å²) in [7, 11) is 0. The average Bonchev–Trinajstić information content (AvgIpc) is 2.35. The molecule has 6 nitrogen and oxygen atoms in total. The molecule has 0 spiro atoms. The Bertz CT molecular complexity index is 454. The first-order valence-electron chi connectivity index (χ1n) is 5.18. The fourth-order valence-corrected chi connectivity index (χ4v) is 1.55. The van der Waals surface area contributed by atoms with Crippen molar-refractivity contribution in [3.05, 3.63) is 33.9 Å². The summed E-state index contributed by atoms with van der Waals surface area (Å²) in [6.45, 7) is 2.89. The summed E-state index contributed by atoms with van der Waals surface area (Å²) in [4.78, 5) is 12.0. The first-order valence-corrected chi connectivity index (χ1v) is 5.18. The van der Waals surface area contributed by atoms with Crippen LogP contribution in [0.15, 0.2) is 18.2 Å². The summed E-state index contributed by atoms with van der Waals surface area (Å²) < 4.78 is 0. The number of likely N-dealkylation sites (N-methyl/N-ethyl adjacent to an activating group) is 1. The minimum atomic E-state index is -0.575. The molecular formula is C11H13N3O3. The summed E-state index contributed by atoms with van der Waals surface area (Å²) in [5.74, 6) is 0. The van der Waals surface area contributed by atoms with Crippen LogP contribution in [0, 0.1) is 21.4 Å². The van der Waals surface area contributed by atoms with Gasteiger partial charge < -0.3 is 10.0 Å². The van der Waals surface area contributed by atoms with Gasteiger partial charge in [-0.15, -0.1) is 0 Å². The van der Waals surface area contributed by atoms with E-state index in [1.54, 1.807) is 17.0 Å². The number of nitrogens with zero attached hydrogens (tertiary/aromatic N) is 3. The normalized spacial score (nSPS) is 9.71. The molecule has 0 radical (unpaired) electrons. The molecule has 6 heteroatoms. The molecule has 0 atom stereocenters. The van der Waals surface area contributed by atoms with Crippen LogP contribution in [0.5, 0.6) is 0 Å². The maximum Gasteiger partial charge on any atom is 0.289 e. The minimum Gasteiger partial charge on any atom is -0.395 e. The molecule has 90 valence electrons. The van der Waals surface area contributed by atoms with Crippen molar-refractivity contribution in [2.24, 2.45) is 0 Å². The van der Waals surface area contributed by atoms with Gasteiger partial charge in [-0.25, -0.2) is 0 Å². The molecule has 1 aromatic rings. The van der Waals surface area contributed by atoms with Gasteiger partial charge in [0.25, 0.3) is 5.69 Å². The Labute approximate surface area is 98.9 Å². The zero-order chi connectivity index (χ0) is 12.8. The van der Waals surface area contributed by atoms with E-state index < -0.39 is 4.92 Å². The molecule has 0 heterocycles. The number of hydrogen-bond acceptors (Lipinski definition) is 5. The zero-order valence-electron chi connectivity index (χ0n) is 9.46. The molecule has 0 aromatic heterocycles. The smallest absolute Gasteiger partial charge is 0.289 e. The number of nitriles is 1. The Morgan fingerprint density at radius 1 is 1.59 bits per heavy atom. The van der Waals surface area contributed by atoms with E-state index in [1.807, 2.05) is 6.92 Å². The molecule has 0 unspecified atom stereocenters. The summed E-state index contributed by atoms with van der Waals surface area (Å²) in [6.07, 6.45) is 0. The number of benzene rings is 1. The van der Waals surface area contributed by atoms with E-state index >= 15 is 0 Å². The lowest BCUT2D eigenvalue weighted by Crippen LogP contribution is -2.26. The van der Waals surface area contributed by atoms with E-state index in [1.165, 1.54) is 12.1 Å². The van der Waals surface area contributed by atoms with Gasteiger partial charge in [0.05, 0.1) is 11.5 Å². The van der Waals surface area contributed by atoms with Gasteiger partial charge in [0, 0.05) is 24.8 Å². The van der Waals surface area contributed by atoms with Crippen molar-refractivity contribution in [3.63, 3.8) is 0 Å². The molecule has 17 heavy (non-hydrogen) atoms. The fourth-order valence-electron chi connectivity index (χ4n) is 1.55. The standard InChI is InChI=1S/C11H13N3O3/c1-2-13(5-6-15)10-4-3-9(8-12)11(7-10)14(16)17/h3-4,7,15H,2,5-6H2,1H3. The van der Waals surface area contributed by atoms with E-state index in [4.69, 9.17) is 10.4 Å². The number of anilines is 1. The van der Waals surface area contributed by atoms with Crippen molar-refractivity contribution in [1.82, 2.24) is 0 Å². The Balaban J connectivity index is 3.16. The first kappa shape index (κ1) is 12.9. The fraction of sp³-hybridized carbons (Fsp3) is 0.364. The SMILES string of the molecule is CCN(CCO)c1ccc(C#N)c([N+](=O)[O-])c1. The highest BCUT2D eigenvalue weighted by Crippen LogP contribution is 2.24. The van der Waals surface area contributed by atoms with Gasteiger partial charge in [-0.3, -0.25) is 10.1 Å². The molecule has 1 rings (SSSR count). The molecule has 0 saturated carbocycles. The van der Waals surface area contributed by atoms with Crippen LogP contribution in [-0.4, -0.2) is 29.7 Å². The molecule has 0 aliphatic rings. The number of nitro groups is 1. The predicted molar refractivity (Wildman–Crippen MR) is 62.8 cm³/mol. The second-order valence-corrected chi connectivity index (χ2v) is 3.37. The van der Waals surface area contributed by atoms with Crippen molar-refractivity contribution in [1.29, 1.82) is 5.26 Å². The topological polar surface area (TPSA) is 90.4 Å². The van der Waals surface area contributed by atoms with E-state index in [2.05, 4.69) is 0 Å². The van der Waals surface area contributed by atoms with Gasteiger partial charge in [0.2, 0.25) is 0 Å². The molecule has 0 aliphatic heterocycles. The Morgan fingerprint density at radius 3 is 2.76 bits per heavy atom. The molecule has 0 aliphatic carbocycles. The van der Waals surface area contributed by atoms with Gasteiger partial charge >= 0.3 is 0 Å². The molecule has 0 saturated heterocycles. The Hall–Kier alpha value is -2.13. The average molecular weight is 235 g/mol. The highest BCUT2D eigenvalue weighted by Gasteiger charge is 2.16. The molecular weight excluding hydrogens is 222 g/mol. The summed E-state index contributed by atoms with van der Waals surface area (Å²) in [6, 6.07) is 6.21. The van der Waals surface area contributed by atoms with Crippen LogP contribution in [-0.2, 0) is 0 Å². The van der Waals surface area contributed by atoms with Gasteiger partial charge in [0.1, 0.15) is 11.6 Å². The predicted octanol–water partition coefficient (Wildman–Crippen LogP) is 1.29. The number of rotatable bonds is 5. The lowest BCUT2D eigenvalue weighted by atomic mass is 10.1. The number of aliphatic hydroxyl groups is 1. The third kappa shape index (κ3) is 2.92. The van der Waals surface area contributed by atoms with Gasteiger partial charge in [-0.2, -0.15) is 5.26 Å². The van der Waals surface area contributed by atoms with E-state index in [9.17, 15) is 10.1 Å². The van der Waals surface area contributed by atoms with Crippen molar-refractivity contribution in [2.75, 3.05) is 24.6 Å². The molecule has 1 N–H and O–H groups in total. The van der Waals surface area contributed by atoms with Crippen LogP contribution in [0.25, 0.3) is 0 Å². The van der Waals surface area contributed by atoms with Crippen LogP contribution in [0.1, 0.15) is 12.5 Å². The first-order chi connectivity index (χ1) is 8.13. The van der Waals surface area contributed by atoms with Crippen molar-refractivity contribution >= 4 is 11.4 Å². The number of hydrogen-bond donors (Lipinski definition) is 1. The summed E-state index contributed by atoms with van der Waals surface area (Å²) in [5.41, 5.74) is 0.465. The second-order valence-electron chi connectivity index (χ2n) is 3.37. The minimum absolute atomic E-state index is 0.0262. The molecule has 0 amide bonds. The maximum absolute atomic E-state index is 10.8. The van der Waals surface area contributed by atoms with Gasteiger partial charge in [-0.1, -0.05) is 0 Å². The van der Waals surface area contributed by atoms with E-state index in [-0.39, 0.29) is 17.9 Å². The highest BCUT2D eigenvalue weighted by molar-refractivity contribution is 5.60. The van der Waals surface area contributed by atoms with Crippen LogP contribution in [0.4, 0.5) is 11.4 Å². The van der Waals surface area contributed by atoms with Crippen molar-refractivity contribution in [3.8, 4) is 6.07 Å². The van der Waals surface area contributed by atoms with Gasteiger partial charge in [-0.05, 0) is 19.1 Å². The van der Waals surface area contributed by atoms with Gasteiger partial charge in [0.15, 0.2) is 0 Å². The largest absolute Gasteiger partial charge is 0.395 e. The number of nitro benzene ring substituents is 1. The molecule has 0 bridgehead atoms. The van der Waals surface area contributed by atoms with Crippen LogP contribution in [0.2, 0.25) is 0 Å². The third-order valence-electron chi connectivity index (χ3n) is 2.42. The summed E-state index contributed by atoms with van der Waals surface area (Å²) in [5, 5.41) is 28.4. The van der Waals surface area contributed by atoms with Crippen molar-refractivity contribution in [2.45, 2.75) is 6.92 Å². The van der Waals surface area contributed by atoms with Crippen LogP contribution >= 0.6 is 0 Å². The van der Waals surface area contributed by atoms with E-state index in [0.717, 1.165) is 0 Å². The quantitative estimate of drug-likeness (QED) is 0.613. The molecule has 0 fully saturated rings. The third-order valence-corrected chi connectivity index (χ3v) is 2.42. The maximum atomic E-state index is 10.8. The Morgan fingerprint density at radius 2 is 2.29 bits per heavy atom. The Kier molecular flexibility index (Phi) is 4.43. The highest BCUT2D eigenvalue weighted by atomic mass is 16.6. The van der Waals surface area contributed by atoms with Crippen molar-refractivity contribution < 1.29 is 10.0 Å². The number of aliphatic hydroxyl groups excluding tert-OH is 1. The lowest BCUT2D eigenvalue weighted by molar-refractivity contribution is -0.385. The zero-order valence-corrected chi connectivity index (χ0v) is 9.46. The monoisotopic (exact) mass is 235 g/mol.